The second-order valence-corrected chi connectivity index (χ2v) is 9.43. The summed E-state index contributed by atoms with van der Waals surface area (Å²) in [6.45, 7) is 2.13. The predicted molar refractivity (Wildman–Crippen MR) is 112 cm³/mol. The summed E-state index contributed by atoms with van der Waals surface area (Å²) in [5.74, 6) is 0.591. The highest BCUT2D eigenvalue weighted by molar-refractivity contribution is 14.2. The Morgan fingerprint density at radius 2 is 2.17 bits per heavy atom. The number of alkyl halides is 3. The smallest absolute Gasteiger partial charge is 0.427 e. The van der Waals surface area contributed by atoms with Gasteiger partial charge in [0.05, 0.1) is 23.7 Å². The van der Waals surface area contributed by atoms with E-state index < -0.39 is 17.9 Å². The van der Waals surface area contributed by atoms with Gasteiger partial charge in [0, 0.05) is 42.4 Å². The number of carbonyl (C=O) groups is 1. The first-order valence-electron chi connectivity index (χ1n) is 8.83. The van der Waals surface area contributed by atoms with Crippen LogP contribution in [0.15, 0.2) is 18.2 Å². The van der Waals surface area contributed by atoms with Crippen molar-refractivity contribution in [3.8, 4) is 11.8 Å². The lowest BCUT2D eigenvalue weighted by Crippen LogP contribution is -2.44. The van der Waals surface area contributed by atoms with Gasteiger partial charge in [0.25, 0.3) is 0 Å². The van der Waals surface area contributed by atoms with Gasteiger partial charge in [-0.1, -0.05) is 0 Å². The summed E-state index contributed by atoms with van der Waals surface area (Å²) in [6.07, 6.45) is -3.60. The lowest BCUT2D eigenvalue weighted by molar-refractivity contribution is -0.242. The quantitative estimate of drug-likeness (QED) is 0.373. The van der Waals surface area contributed by atoms with Crippen molar-refractivity contribution in [3.05, 3.63) is 18.2 Å². The number of nitriles is 1. The van der Waals surface area contributed by atoms with Crippen molar-refractivity contribution >= 4 is 47.8 Å². The van der Waals surface area contributed by atoms with Crippen molar-refractivity contribution in [2.45, 2.75) is 51.0 Å². The van der Waals surface area contributed by atoms with Gasteiger partial charge in [-0.3, -0.25) is 5.32 Å². The zero-order valence-electron chi connectivity index (χ0n) is 15.7. The lowest BCUT2D eigenvalue weighted by atomic mass is 9.99. The highest BCUT2D eigenvalue weighted by Crippen LogP contribution is 2.51. The summed E-state index contributed by atoms with van der Waals surface area (Å²) in [7, 11) is 1.43. The molecule has 1 N–H and O–H groups in total. The number of benzene rings is 1. The van der Waals surface area contributed by atoms with Crippen LogP contribution in [0.2, 0.25) is 0 Å². The Hall–Kier alpha value is -1.55. The fourth-order valence-corrected chi connectivity index (χ4v) is 4.50. The maximum absolute atomic E-state index is 12.9. The van der Waals surface area contributed by atoms with Crippen molar-refractivity contribution < 1.29 is 27.4 Å². The number of rotatable bonds is 5. The van der Waals surface area contributed by atoms with E-state index in [4.69, 9.17) is 4.74 Å². The van der Waals surface area contributed by atoms with Crippen LogP contribution in [0.3, 0.4) is 0 Å². The van der Waals surface area contributed by atoms with Crippen molar-refractivity contribution in [3.63, 3.8) is 0 Å². The minimum absolute atomic E-state index is 0.136. The molecule has 0 aromatic heterocycles. The molecule has 11 heteroatoms. The van der Waals surface area contributed by atoms with E-state index in [9.17, 15) is 23.2 Å². The van der Waals surface area contributed by atoms with E-state index >= 15 is 0 Å². The molecule has 1 aliphatic heterocycles. The summed E-state index contributed by atoms with van der Waals surface area (Å²) in [6, 6.07) is 7.18. The van der Waals surface area contributed by atoms with E-state index in [0.717, 1.165) is 26.7 Å². The number of carbonyl (C=O) groups excluding carboxylic acids is 1. The third kappa shape index (κ3) is 4.96. The first-order valence-corrected chi connectivity index (χ1v) is 12.2. The Morgan fingerprint density at radius 1 is 1.48 bits per heavy atom. The third-order valence-corrected chi connectivity index (χ3v) is 6.90. The van der Waals surface area contributed by atoms with Crippen molar-refractivity contribution in [1.82, 2.24) is 0 Å². The lowest BCUT2D eigenvalue weighted by Gasteiger charge is -2.35. The van der Waals surface area contributed by atoms with E-state index in [1.54, 1.807) is 12.1 Å². The van der Waals surface area contributed by atoms with E-state index in [-0.39, 0.29) is 11.5 Å². The zero-order chi connectivity index (χ0) is 21.4. The number of nitrogens with zero attached hydrogens (tertiary/aromatic N) is 2. The van der Waals surface area contributed by atoms with Crippen LogP contribution in [-0.2, 0) is 4.74 Å². The third-order valence-electron chi connectivity index (χ3n) is 4.96. The van der Waals surface area contributed by atoms with E-state index in [2.05, 4.69) is 37.3 Å². The van der Waals surface area contributed by atoms with Crippen LogP contribution >= 0.6 is 30.3 Å². The molecule has 29 heavy (non-hydrogen) atoms. The van der Waals surface area contributed by atoms with Gasteiger partial charge in [-0.05, 0) is 44.9 Å². The minimum atomic E-state index is -4.68. The van der Waals surface area contributed by atoms with Gasteiger partial charge in [-0.25, -0.2) is 4.79 Å². The zero-order valence-corrected chi connectivity index (χ0v) is 18.7. The highest BCUT2D eigenvalue weighted by Gasteiger charge is 2.51. The number of ether oxygens (including phenoxy) is 2. The fraction of sp³-hybridized carbons (Fsp3) is 0.556. The number of halogens is 4. The molecule has 0 bridgehead atoms. The van der Waals surface area contributed by atoms with Crippen LogP contribution in [0.1, 0.15) is 33.1 Å². The number of fused-ring (bicyclic) bond motifs is 1. The summed E-state index contributed by atoms with van der Waals surface area (Å²) in [5.41, 5.74) is -1.92. The second kappa shape index (κ2) is 7.94. The number of amides is 1. The topological polar surface area (TPSA) is 74.6 Å². The molecule has 6 nitrogen and oxygen atoms in total. The summed E-state index contributed by atoms with van der Waals surface area (Å²) < 4.78 is 51.2. The Labute approximate surface area is 182 Å². The molecule has 1 aromatic carbocycles. The van der Waals surface area contributed by atoms with Gasteiger partial charge in [0.1, 0.15) is 11.9 Å². The summed E-state index contributed by atoms with van der Waals surface area (Å²) in [4.78, 5) is 11.9. The molecule has 1 saturated carbocycles. The monoisotopic (exact) mass is 541 g/mol. The molecule has 2 aliphatic rings. The number of nitrogens with one attached hydrogen (secondary N) is 1. The normalized spacial score (nSPS) is 20.2. The Balaban J connectivity index is 1.70. The molecular weight excluding hydrogens is 522 g/mol. The molecule has 1 aliphatic carbocycles. The molecule has 158 valence electrons. The van der Waals surface area contributed by atoms with Gasteiger partial charge < -0.3 is 13.8 Å². The van der Waals surface area contributed by atoms with E-state index in [1.165, 1.54) is 15.2 Å². The van der Waals surface area contributed by atoms with Gasteiger partial charge >= 0.3 is 12.3 Å². The van der Waals surface area contributed by atoms with Gasteiger partial charge in [0.15, 0.2) is 0 Å². The molecule has 3 rings (SSSR count). The molecule has 1 atom stereocenters. The average molecular weight is 541 g/mol. The van der Waals surface area contributed by atoms with Crippen molar-refractivity contribution in [1.29, 1.82) is 5.26 Å². The minimum Gasteiger partial charge on any atom is -0.486 e. The standard InChI is InChI=1S/C18H19F3IN3O3S/c1-16(2,18(19,20)21)28-15(26)24-11-3-4-14-13(7-11)25(29-22)9-12(27-14)8-17(10-23)5-6-17/h3-4,7,12H,5-6,8-9H2,1-2H3,(H,24,26). The van der Waals surface area contributed by atoms with Crippen LogP contribution in [0, 0.1) is 16.7 Å². The van der Waals surface area contributed by atoms with Gasteiger partial charge in [-0.15, -0.1) is 0 Å². The molecule has 1 heterocycles. The van der Waals surface area contributed by atoms with E-state index in [0.29, 0.717) is 30.1 Å². The highest BCUT2D eigenvalue weighted by atomic mass is 127. The first-order chi connectivity index (χ1) is 13.5. The van der Waals surface area contributed by atoms with Crippen LogP contribution in [-0.4, -0.2) is 30.5 Å². The van der Waals surface area contributed by atoms with Crippen molar-refractivity contribution in [2.75, 3.05) is 16.2 Å². The number of hydrogen-bond acceptors (Lipinski definition) is 6. The molecule has 0 spiro atoms. The molecule has 1 fully saturated rings. The molecule has 1 amide bonds. The van der Waals surface area contributed by atoms with Crippen LogP contribution < -0.4 is 14.4 Å². The summed E-state index contributed by atoms with van der Waals surface area (Å²) >= 11 is 2.12. The average Bonchev–Trinajstić information content (AvgIpc) is 3.39. The molecule has 0 saturated heterocycles. The Morgan fingerprint density at radius 3 is 2.72 bits per heavy atom. The van der Waals surface area contributed by atoms with Crippen LogP contribution in [0.5, 0.6) is 5.75 Å². The maximum Gasteiger partial charge on any atom is 0.427 e. The Kier molecular flexibility index (Phi) is 6.06. The van der Waals surface area contributed by atoms with Gasteiger partial charge in [0.2, 0.25) is 5.60 Å². The second-order valence-electron chi connectivity index (χ2n) is 7.67. The Bertz CT molecular complexity index is 840. The SMILES string of the molecule is CC(C)(OC(=O)Nc1ccc2c(c1)N(SI)CC(CC1(C#N)CC1)O2)C(F)(F)F. The maximum atomic E-state index is 12.9. The predicted octanol–water partition coefficient (Wildman–Crippen LogP) is 5.84. The largest absolute Gasteiger partial charge is 0.486 e. The van der Waals surface area contributed by atoms with Gasteiger partial charge in [-0.2, -0.15) is 18.4 Å². The molecule has 1 unspecified atom stereocenters. The molecular formula is C18H19F3IN3O3S. The number of anilines is 2. The fourth-order valence-electron chi connectivity index (χ4n) is 2.94. The molecule has 1 aromatic rings. The van der Waals surface area contributed by atoms with E-state index in [1.807, 2.05) is 4.31 Å². The van der Waals surface area contributed by atoms with Crippen molar-refractivity contribution in [2.24, 2.45) is 5.41 Å². The number of hydrogen-bond donors (Lipinski definition) is 1. The van der Waals surface area contributed by atoms with Crippen LogP contribution in [0.25, 0.3) is 0 Å². The summed E-state index contributed by atoms with van der Waals surface area (Å²) in [5, 5.41) is 11.6. The molecule has 0 radical (unpaired) electrons. The van der Waals surface area contributed by atoms with Crippen LogP contribution in [0.4, 0.5) is 29.3 Å². The first kappa shape index (κ1) is 22.1.